The minimum Gasteiger partial charge on any atom is -0.381 e. The van der Waals surface area contributed by atoms with Crippen molar-refractivity contribution in [2.24, 2.45) is 5.92 Å². The monoisotopic (exact) mass is 315 g/mol. The highest BCUT2D eigenvalue weighted by Gasteiger charge is 2.30. The first kappa shape index (κ1) is 14.4. The summed E-state index contributed by atoms with van der Waals surface area (Å²) in [6, 6.07) is 4.20. The van der Waals surface area contributed by atoms with Crippen LogP contribution in [-0.4, -0.2) is 52.9 Å². The van der Waals surface area contributed by atoms with Crippen LogP contribution < -0.4 is 10.2 Å². The molecular weight excluding hydrogens is 294 g/mol. The average molecular weight is 315 g/mol. The summed E-state index contributed by atoms with van der Waals surface area (Å²) in [4.78, 5) is 18.8. The molecule has 0 aromatic carbocycles. The van der Waals surface area contributed by atoms with Gasteiger partial charge in [0.25, 0.3) is 0 Å². The van der Waals surface area contributed by atoms with E-state index in [1.54, 1.807) is 10.7 Å². The number of ether oxygens (including phenoxy) is 1. The van der Waals surface area contributed by atoms with E-state index >= 15 is 0 Å². The van der Waals surface area contributed by atoms with Crippen LogP contribution in [0.1, 0.15) is 19.3 Å². The van der Waals surface area contributed by atoms with Crippen molar-refractivity contribution in [3.63, 3.8) is 0 Å². The van der Waals surface area contributed by atoms with E-state index in [-0.39, 0.29) is 17.9 Å². The third-order valence-corrected chi connectivity index (χ3v) is 4.69. The smallest absolute Gasteiger partial charge is 0.225 e. The molecule has 0 spiro atoms. The molecule has 2 aromatic heterocycles. The molecule has 2 saturated heterocycles. The van der Waals surface area contributed by atoms with E-state index < -0.39 is 0 Å². The molecule has 1 unspecified atom stereocenters. The number of fused-ring (bicyclic) bond motifs is 1. The van der Waals surface area contributed by atoms with Crippen LogP contribution in [0.3, 0.4) is 0 Å². The van der Waals surface area contributed by atoms with Crippen molar-refractivity contribution in [1.29, 1.82) is 0 Å². The summed E-state index contributed by atoms with van der Waals surface area (Å²) in [7, 11) is 0. The van der Waals surface area contributed by atoms with Crippen LogP contribution >= 0.6 is 0 Å². The Morgan fingerprint density at radius 2 is 2.13 bits per heavy atom. The summed E-state index contributed by atoms with van der Waals surface area (Å²) >= 11 is 0. The number of carbonyl (C=O) groups is 1. The molecule has 4 heterocycles. The van der Waals surface area contributed by atoms with Gasteiger partial charge in [-0.2, -0.15) is 0 Å². The summed E-state index contributed by atoms with van der Waals surface area (Å²) in [6.07, 6.45) is 6.28. The van der Waals surface area contributed by atoms with Gasteiger partial charge in [0.1, 0.15) is 5.82 Å². The molecule has 1 N–H and O–H groups in total. The Kier molecular flexibility index (Phi) is 3.87. The number of anilines is 1. The highest BCUT2D eigenvalue weighted by molar-refractivity contribution is 5.80. The van der Waals surface area contributed by atoms with E-state index in [9.17, 15) is 4.79 Å². The van der Waals surface area contributed by atoms with Crippen molar-refractivity contribution in [3.05, 3.63) is 24.5 Å². The van der Waals surface area contributed by atoms with Gasteiger partial charge in [0.2, 0.25) is 5.91 Å². The van der Waals surface area contributed by atoms with Crippen LogP contribution in [0.2, 0.25) is 0 Å². The fourth-order valence-electron chi connectivity index (χ4n) is 3.32. The molecule has 1 atom stereocenters. The standard InChI is InChI=1S/C16H21N5O2/c22-16(18-13-4-9-23-10-5-13)12-3-7-20(11-12)15-2-1-14-17-6-8-21(14)19-15/h1-2,6,8,12-13H,3-5,7,9-11H2,(H,18,22). The van der Waals surface area contributed by atoms with Crippen molar-refractivity contribution < 1.29 is 9.53 Å². The number of hydrogen-bond acceptors (Lipinski definition) is 5. The molecule has 0 aliphatic carbocycles. The highest BCUT2D eigenvalue weighted by Crippen LogP contribution is 2.23. The fraction of sp³-hybridized carbons (Fsp3) is 0.562. The lowest BCUT2D eigenvalue weighted by Gasteiger charge is -2.24. The Hall–Kier alpha value is -2.15. The van der Waals surface area contributed by atoms with Gasteiger partial charge in [0.05, 0.1) is 5.92 Å². The second-order valence-electron chi connectivity index (χ2n) is 6.25. The second kappa shape index (κ2) is 6.16. The minimum atomic E-state index is 0.0399. The predicted molar refractivity (Wildman–Crippen MR) is 85.3 cm³/mol. The number of nitrogens with zero attached hydrogens (tertiary/aromatic N) is 4. The maximum absolute atomic E-state index is 12.4. The topological polar surface area (TPSA) is 71.8 Å². The van der Waals surface area contributed by atoms with Gasteiger partial charge in [-0.05, 0) is 31.4 Å². The average Bonchev–Trinajstić information content (AvgIpc) is 3.24. The maximum Gasteiger partial charge on any atom is 0.225 e. The molecule has 2 aliphatic heterocycles. The van der Waals surface area contributed by atoms with Crippen molar-refractivity contribution in [1.82, 2.24) is 19.9 Å². The lowest BCUT2D eigenvalue weighted by molar-refractivity contribution is -0.125. The van der Waals surface area contributed by atoms with Gasteiger partial charge in [-0.1, -0.05) is 0 Å². The van der Waals surface area contributed by atoms with Gasteiger partial charge in [-0.15, -0.1) is 5.10 Å². The van der Waals surface area contributed by atoms with Gasteiger partial charge < -0.3 is 15.0 Å². The van der Waals surface area contributed by atoms with E-state index in [0.717, 1.165) is 57.0 Å². The third kappa shape index (κ3) is 3.01. The molecule has 2 aliphatic rings. The van der Waals surface area contributed by atoms with Gasteiger partial charge in [0, 0.05) is 44.7 Å². The van der Waals surface area contributed by atoms with Gasteiger partial charge in [0.15, 0.2) is 5.65 Å². The van der Waals surface area contributed by atoms with Gasteiger partial charge in [-0.3, -0.25) is 4.79 Å². The summed E-state index contributed by atoms with van der Waals surface area (Å²) in [6.45, 7) is 3.08. The zero-order valence-corrected chi connectivity index (χ0v) is 13.0. The zero-order valence-electron chi connectivity index (χ0n) is 13.0. The zero-order chi connectivity index (χ0) is 15.6. The number of imidazole rings is 1. The lowest BCUT2D eigenvalue weighted by Crippen LogP contribution is -2.42. The molecule has 0 radical (unpaired) electrons. The normalized spacial score (nSPS) is 22.6. The quantitative estimate of drug-likeness (QED) is 0.909. The van der Waals surface area contributed by atoms with Gasteiger partial charge in [-0.25, -0.2) is 9.50 Å². The maximum atomic E-state index is 12.4. The number of rotatable bonds is 3. The van der Waals surface area contributed by atoms with Crippen LogP contribution in [0, 0.1) is 5.92 Å². The molecular formula is C16H21N5O2. The van der Waals surface area contributed by atoms with Crippen LogP contribution in [0.4, 0.5) is 5.82 Å². The number of hydrogen-bond donors (Lipinski definition) is 1. The molecule has 23 heavy (non-hydrogen) atoms. The summed E-state index contributed by atoms with van der Waals surface area (Å²) in [5, 5.41) is 7.74. The molecule has 0 bridgehead atoms. The number of amides is 1. The van der Waals surface area contributed by atoms with Crippen molar-refractivity contribution >= 4 is 17.4 Å². The Morgan fingerprint density at radius 3 is 3.00 bits per heavy atom. The molecule has 122 valence electrons. The predicted octanol–water partition coefficient (Wildman–Crippen LogP) is 0.851. The van der Waals surface area contributed by atoms with E-state index in [4.69, 9.17) is 4.74 Å². The molecule has 2 fully saturated rings. The van der Waals surface area contributed by atoms with E-state index in [1.165, 1.54) is 0 Å². The van der Waals surface area contributed by atoms with Crippen LogP contribution in [0.25, 0.3) is 5.65 Å². The lowest BCUT2D eigenvalue weighted by atomic mass is 10.1. The Bertz CT molecular complexity index is 695. The first-order chi connectivity index (χ1) is 11.3. The SMILES string of the molecule is O=C(NC1CCOCC1)C1CCN(c2ccc3nccn3n2)C1. The summed E-state index contributed by atoms with van der Waals surface area (Å²) in [5.74, 6) is 1.11. The van der Waals surface area contributed by atoms with Gasteiger partial charge >= 0.3 is 0 Å². The van der Waals surface area contributed by atoms with Crippen LogP contribution in [-0.2, 0) is 9.53 Å². The molecule has 2 aromatic rings. The van der Waals surface area contributed by atoms with E-state index in [0.29, 0.717) is 0 Å². The Morgan fingerprint density at radius 1 is 1.26 bits per heavy atom. The third-order valence-electron chi connectivity index (χ3n) is 4.69. The van der Waals surface area contributed by atoms with E-state index in [1.807, 2.05) is 18.3 Å². The Balaban J connectivity index is 1.38. The molecule has 7 nitrogen and oxygen atoms in total. The van der Waals surface area contributed by atoms with Crippen LogP contribution in [0.5, 0.6) is 0 Å². The van der Waals surface area contributed by atoms with Crippen molar-refractivity contribution in [2.45, 2.75) is 25.3 Å². The number of carbonyl (C=O) groups excluding carboxylic acids is 1. The minimum absolute atomic E-state index is 0.0399. The van der Waals surface area contributed by atoms with Crippen molar-refractivity contribution in [3.8, 4) is 0 Å². The number of nitrogens with one attached hydrogen (secondary N) is 1. The fourth-order valence-corrected chi connectivity index (χ4v) is 3.32. The molecule has 0 saturated carbocycles. The highest BCUT2D eigenvalue weighted by atomic mass is 16.5. The van der Waals surface area contributed by atoms with E-state index in [2.05, 4.69) is 20.3 Å². The van der Waals surface area contributed by atoms with Crippen LogP contribution in [0.15, 0.2) is 24.5 Å². The molecule has 1 amide bonds. The summed E-state index contributed by atoms with van der Waals surface area (Å²) < 4.78 is 7.10. The first-order valence-corrected chi connectivity index (χ1v) is 8.23. The largest absolute Gasteiger partial charge is 0.381 e. The second-order valence-corrected chi connectivity index (χ2v) is 6.25. The van der Waals surface area contributed by atoms with Crippen molar-refractivity contribution in [2.75, 3.05) is 31.2 Å². The first-order valence-electron chi connectivity index (χ1n) is 8.23. The summed E-state index contributed by atoms with van der Waals surface area (Å²) in [5.41, 5.74) is 0.835. The molecule has 4 rings (SSSR count). The number of aromatic nitrogens is 3. The Labute approximate surface area is 134 Å². The molecule has 7 heteroatoms.